The van der Waals surface area contributed by atoms with Gasteiger partial charge in [0.25, 0.3) is 11.7 Å². The largest absolute Gasteiger partial charge is 0.478 e. The number of carboxylic acids is 1. The van der Waals surface area contributed by atoms with Crippen LogP contribution in [0.4, 0.5) is 14.5 Å². The Bertz CT molecular complexity index is 644. The van der Waals surface area contributed by atoms with Crippen molar-refractivity contribution in [3.8, 4) is 0 Å². The molecule has 8 nitrogen and oxygen atoms in total. The fourth-order valence-corrected chi connectivity index (χ4v) is 1.26. The molecule has 0 unspecified atom stereocenters. The summed E-state index contributed by atoms with van der Waals surface area (Å²) in [6.45, 7) is 0. The maximum Gasteiger partial charge on any atom is 0.337 e. The number of hydrogen-bond donors (Lipinski definition) is 3. The smallest absolute Gasteiger partial charge is 0.337 e. The average molecular weight is 269 g/mol. The Kier molecular flexibility index (Phi) is 3.14. The zero-order valence-electron chi connectivity index (χ0n) is 9.02. The summed E-state index contributed by atoms with van der Waals surface area (Å²) in [7, 11) is 0. The Balaban J connectivity index is 2.36. The van der Waals surface area contributed by atoms with Gasteiger partial charge in [-0.05, 0) is 11.3 Å². The first kappa shape index (κ1) is 12.5. The monoisotopic (exact) mass is 269 g/mol. The number of tetrazole rings is 1. The SMILES string of the molecule is O=C(Nc1cc(F)c(F)cc1C(=O)O)c1nn[nH]n1. The van der Waals surface area contributed by atoms with Crippen molar-refractivity contribution < 1.29 is 23.5 Å². The first-order chi connectivity index (χ1) is 8.99. The molecule has 2 rings (SSSR count). The Morgan fingerprint density at radius 2 is 1.95 bits per heavy atom. The van der Waals surface area contributed by atoms with Crippen molar-refractivity contribution in [2.75, 3.05) is 5.32 Å². The van der Waals surface area contributed by atoms with Gasteiger partial charge in [-0.1, -0.05) is 0 Å². The van der Waals surface area contributed by atoms with Crippen molar-refractivity contribution >= 4 is 17.6 Å². The number of carbonyl (C=O) groups excluding carboxylic acids is 1. The molecule has 1 amide bonds. The maximum absolute atomic E-state index is 13.0. The topological polar surface area (TPSA) is 121 Å². The molecule has 3 N–H and O–H groups in total. The van der Waals surface area contributed by atoms with Gasteiger partial charge in [-0.3, -0.25) is 4.79 Å². The van der Waals surface area contributed by atoms with Gasteiger partial charge in [0.05, 0.1) is 11.3 Å². The van der Waals surface area contributed by atoms with Crippen LogP contribution in [-0.2, 0) is 0 Å². The Morgan fingerprint density at radius 3 is 2.53 bits per heavy atom. The van der Waals surface area contributed by atoms with Gasteiger partial charge < -0.3 is 10.4 Å². The number of hydrogen-bond acceptors (Lipinski definition) is 5. The number of H-pyrrole nitrogens is 1. The van der Waals surface area contributed by atoms with Gasteiger partial charge in [0.2, 0.25) is 0 Å². The van der Waals surface area contributed by atoms with Gasteiger partial charge in [0.1, 0.15) is 0 Å². The molecule has 0 fully saturated rings. The third-order valence-electron chi connectivity index (χ3n) is 2.09. The van der Waals surface area contributed by atoms with E-state index in [1.807, 2.05) is 5.21 Å². The molecule has 0 saturated carbocycles. The van der Waals surface area contributed by atoms with Gasteiger partial charge in [-0.15, -0.1) is 10.2 Å². The van der Waals surface area contributed by atoms with E-state index in [1.165, 1.54) is 0 Å². The third-order valence-corrected chi connectivity index (χ3v) is 2.09. The molecule has 1 heterocycles. The molecule has 0 spiro atoms. The lowest BCUT2D eigenvalue weighted by atomic mass is 10.1. The van der Waals surface area contributed by atoms with Crippen LogP contribution in [0.5, 0.6) is 0 Å². The summed E-state index contributed by atoms with van der Waals surface area (Å²) < 4.78 is 26.0. The predicted octanol–water partition coefficient (Wildman–Crippen LogP) is 0.428. The number of benzene rings is 1. The fourth-order valence-electron chi connectivity index (χ4n) is 1.26. The van der Waals surface area contributed by atoms with E-state index in [1.54, 1.807) is 0 Å². The third kappa shape index (κ3) is 2.51. The van der Waals surface area contributed by atoms with Gasteiger partial charge >= 0.3 is 5.97 Å². The zero-order chi connectivity index (χ0) is 14.0. The predicted molar refractivity (Wildman–Crippen MR) is 55.4 cm³/mol. The molecule has 19 heavy (non-hydrogen) atoms. The highest BCUT2D eigenvalue weighted by Gasteiger charge is 2.19. The molecule has 2 aromatic rings. The Hall–Kier alpha value is -2.91. The molecule has 0 aliphatic carbocycles. The molecule has 0 atom stereocenters. The Morgan fingerprint density at radius 1 is 1.26 bits per heavy atom. The van der Waals surface area contributed by atoms with Crippen LogP contribution in [0.25, 0.3) is 0 Å². The van der Waals surface area contributed by atoms with Crippen molar-refractivity contribution in [3.05, 3.63) is 35.2 Å². The molecular formula is C9H5F2N5O3. The van der Waals surface area contributed by atoms with Gasteiger partial charge in [-0.25, -0.2) is 13.6 Å². The van der Waals surface area contributed by atoms with Crippen LogP contribution in [0.2, 0.25) is 0 Å². The molecule has 10 heteroatoms. The second-order valence-corrected chi connectivity index (χ2v) is 3.31. The average Bonchev–Trinajstić information content (AvgIpc) is 2.86. The van der Waals surface area contributed by atoms with E-state index in [2.05, 4.69) is 20.7 Å². The van der Waals surface area contributed by atoms with Gasteiger partial charge in [-0.2, -0.15) is 5.21 Å². The molecule has 0 aliphatic rings. The highest BCUT2D eigenvalue weighted by molar-refractivity contribution is 6.05. The second-order valence-electron chi connectivity index (χ2n) is 3.31. The molecule has 0 radical (unpaired) electrons. The number of amides is 1. The number of aromatic carboxylic acids is 1. The number of nitrogens with one attached hydrogen (secondary N) is 2. The van der Waals surface area contributed by atoms with Crippen molar-refractivity contribution in [2.24, 2.45) is 0 Å². The highest BCUT2D eigenvalue weighted by Crippen LogP contribution is 2.20. The quantitative estimate of drug-likeness (QED) is 0.742. The van der Waals surface area contributed by atoms with E-state index in [4.69, 9.17) is 5.11 Å². The minimum Gasteiger partial charge on any atom is -0.478 e. The molecule has 1 aromatic heterocycles. The number of carboxylic acid groups (broad SMARTS) is 1. The van der Waals surface area contributed by atoms with Crippen LogP contribution in [-0.4, -0.2) is 37.6 Å². The summed E-state index contributed by atoms with van der Waals surface area (Å²) in [5.74, 6) is -5.45. The van der Waals surface area contributed by atoms with E-state index < -0.39 is 34.8 Å². The van der Waals surface area contributed by atoms with E-state index in [-0.39, 0.29) is 5.82 Å². The van der Waals surface area contributed by atoms with Crippen LogP contribution in [0.15, 0.2) is 12.1 Å². The number of carbonyl (C=O) groups is 2. The normalized spacial score (nSPS) is 10.2. The summed E-state index contributed by atoms with van der Waals surface area (Å²) in [5, 5.41) is 22.7. The maximum atomic E-state index is 13.0. The summed E-state index contributed by atoms with van der Waals surface area (Å²) in [6.07, 6.45) is 0. The number of halogens is 2. The van der Waals surface area contributed by atoms with Gasteiger partial charge in [0.15, 0.2) is 11.6 Å². The minimum atomic E-state index is -1.53. The van der Waals surface area contributed by atoms with Crippen LogP contribution in [0.1, 0.15) is 21.0 Å². The number of rotatable bonds is 3. The van der Waals surface area contributed by atoms with E-state index in [9.17, 15) is 18.4 Å². The molecule has 0 aliphatic heterocycles. The number of aromatic nitrogens is 4. The second kappa shape index (κ2) is 4.76. The highest BCUT2D eigenvalue weighted by atomic mass is 19.2. The van der Waals surface area contributed by atoms with Crippen LogP contribution >= 0.6 is 0 Å². The minimum absolute atomic E-state index is 0.374. The number of aromatic amines is 1. The van der Waals surface area contributed by atoms with E-state index in [0.29, 0.717) is 12.1 Å². The Labute approximate surface area is 103 Å². The summed E-state index contributed by atoms with van der Waals surface area (Å²) in [6, 6.07) is 1.01. The van der Waals surface area contributed by atoms with Crippen molar-refractivity contribution in [1.29, 1.82) is 0 Å². The van der Waals surface area contributed by atoms with Crippen LogP contribution < -0.4 is 5.32 Å². The lowest BCUT2D eigenvalue weighted by Gasteiger charge is -2.07. The van der Waals surface area contributed by atoms with Gasteiger partial charge in [0, 0.05) is 6.07 Å². The van der Waals surface area contributed by atoms with Crippen molar-refractivity contribution in [1.82, 2.24) is 20.6 Å². The van der Waals surface area contributed by atoms with Crippen LogP contribution in [0, 0.1) is 11.6 Å². The lowest BCUT2D eigenvalue weighted by Crippen LogP contribution is -2.17. The summed E-state index contributed by atoms with van der Waals surface area (Å²) >= 11 is 0. The van der Waals surface area contributed by atoms with E-state index in [0.717, 1.165) is 0 Å². The molecule has 0 saturated heterocycles. The summed E-state index contributed by atoms with van der Waals surface area (Å²) in [4.78, 5) is 22.4. The summed E-state index contributed by atoms with van der Waals surface area (Å²) in [5.41, 5.74) is -1.02. The zero-order valence-corrected chi connectivity index (χ0v) is 9.02. The first-order valence-corrected chi connectivity index (χ1v) is 4.76. The molecular weight excluding hydrogens is 264 g/mol. The molecule has 1 aromatic carbocycles. The standard InChI is InChI=1S/C9H5F2N5O3/c10-4-1-3(9(18)19)6(2-5(4)11)12-8(17)7-13-15-16-14-7/h1-2H,(H,12,17)(H,18,19)(H,13,14,15,16). The lowest BCUT2D eigenvalue weighted by molar-refractivity contribution is 0.0697. The van der Waals surface area contributed by atoms with Crippen LogP contribution in [0.3, 0.4) is 0 Å². The first-order valence-electron chi connectivity index (χ1n) is 4.76. The fraction of sp³-hybridized carbons (Fsp3) is 0. The van der Waals surface area contributed by atoms with Crippen molar-refractivity contribution in [3.63, 3.8) is 0 Å². The van der Waals surface area contributed by atoms with E-state index >= 15 is 0 Å². The molecule has 0 bridgehead atoms. The number of nitrogens with zero attached hydrogens (tertiary/aromatic N) is 3. The number of anilines is 1. The van der Waals surface area contributed by atoms with Crippen molar-refractivity contribution in [2.45, 2.75) is 0 Å². The molecule has 98 valence electrons.